The van der Waals surface area contributed by atoms with Crippen molar-refractivity contribution in [2.24, 2.45) is 17.8 Å². The normalized spacial score (nSPS) is 29.1. The zero-order chi connectivity index (χ0) is 16.0. The number of hydrogen-bond donors (Lipinski definition) is 1. The summed E-state index contributed by atoms with van der Waals surface area (Å²) in [5.74, 6) is 1.85. The van der Waals surface area contributed by atoms with Gasteiger partial charge in [0.1, 0.15) is 9.84 Å². The molecule has 2 fully saturated rings. The first kappa shape index (κ1) is 17.8. The van der Waals surface area contributed by atoms with Crippen molar-refractivity contribution in [3.63, 3.8) is 0 Å². The molecule has 4 nitrogen and oxygen atoms in total. The first-order valence-electron chi connectivity index (χ1n) is 8.98. The molecule has 0 radical (unpaired) electrons. The maximum absolute atomic E-state index is 12.2. The number of carbonyl (C=O) groups is 1. The predicted octanol–water partition coefficient (Wildman–Crippen LogP) is 2.92. The van der Waals surface area contributed by atoms with Gasteiger partial charge >= 0.3 is 0 Å². The van der Waals surface area contributed by atoms with E-state index in [1.165, 1.54) is 44.9 Å². The molecule has 0 bridgehead atoms. The molecule has 22 heavy (non-hydrogen) atoms. The van der Waals surface area contributed by atoms with Crippen LogP contribution in [0.15, 0.2) is 0 Å². The highest BCUT2D eigenvalue weighted by Gasteiger charge is 2.29. The molecule has 2 rings (SSSR count). The summed E-state index contributed by atoms with van der Waals surface area (Å²) < 4.78 is 22.8. The maximum atomic E-state index is 12.2. The fourth-order valence-electron chi connectivity index (χ4n) is 3.76. The van der Waals surface area contributed by atoms with Crippen LogP contribution in [0.25, 0.3) is 0 Å². The summed E-state index contributed by atoms with van der Waals surface area (Å²) >= 11 is 0. The number of sulfone groups is 1. The minimum absolute atomic E-state index is 0.0722. The van der Waals surface area contributed by atoms with Gasteiger partial charge in [-0.05, 0) is 37.5 Å². The minimum Gasteiger partial charge on any atom is -0.356 e. The largest absolute Gasteiger partial charge is 0.356 e. The lowest BCUT2D eigenvalue weighted by atomic mass is 9.80. The van der Waals surface area contributed by atoms with E-state index in [2.05, 4.69) is 12.2 Å². The Morgan fingerprint density at radius 1 is 1.00 bits per heavy atom. The number of amides is 1. The summed E-state index contributed by atoms with van der Waals surface area (Å²) in [5, 5.41) is 3.07. The summed E-state index contributed by atoms with van der Waals surface area (Å²) in [6, 6.07) is 0. The van der Waals surface area contributed by atoms with Gasteiger partial charge in [0.25, 0.3) is 0 Å². The van der Waals surface area contributed by atoms with Crippen molar-refractivity contribution in [2.75, 3.05) is 18.1 Å². The third kappa shape index (κ3) is 5.56. The van der Waals surface area contributed by atoms with Crippen LogP contribution in [0.2, 0.25) is 0 Å². The van der Waals surface area contributed by atoms with E-state index >= 15 is 0 Å². The molecular weight excluding hydrogens is 298 g/mol. The Labute approximate surface area is 135 Å². The van der Waals surface area contributed by atoms with Gasteiger partial charge in [0.15, 0.2) is 0 Å². The molecular formula is C17H31NO3S. The van der Waals surface area contributed by atoms with Crippen molar-refractivity contribution < 1.29 is 13.2 Å². The van der Waals surface area contributed by atoms with Crippen LogP contribution in [0.5, 0.6) is 0 Å². The Hall–Kier alpha value is -0.580. The van der Waals surface area contributed by atoms with Crippen LogP contribution in [-0.4, -0.2) is 32.4 Å². The monoisotopic (exact) mass is 329 g/mol. The molecule has 0 aromatic carbocycles. The van der Waals surface area contributed by atoms with Gasteiger partial charge in [-0.25, -0.2) is 8.42 Å². The summed E-state index contributed by atoms with van der Waals surface area (Å²) in [5.41, 5.74) is 0. The second kappa shape index (κ2) is 8.32. The smallest absolute Gasteiger partial charge is 0.223 e. The summed E-state index contributed by atoms with van der Waals surface area (Å²) in [6.07, 6.45) is 10.1. The summed E-state index contributed by atoms with van der Waals surface area (Å²) in [6.45, 7) is 3.03. The van der Waals surface area contributed by atoms with Crippen LogP contribution >= 0.6 is 0 Å². The lowest BCUT2D eigenvalue weighted by molar-refractivity contribution is -0.125. The van der Waals surface area contributed by atoms with Gasteiger partial charge in [0.2, 0.25) is 5.91 Å². The van der Waals surface area contributed by atoms with Gasteiger partial charge < -0.3 is 5.32 Å². The Morgan fingerprint density at radius 2 is 1.59 bits per heavy atom. The summed E-state index contributed by atoms with van der Waals surface area (Å²) in [4.78, 5) is 12.2. The average Bonchev–Trinajstić information content (AvgIpc) is 2.51. The average molecular weight is 330 g/mol. The molecule has 1 aliphatic carbocycles. The van der Waals surface area contributed by atoms with Gasteiger partial charge in [-0.2, -0.15) is 0 Å². The molecule has 1 heterocycles. The number of carbonyl (C=O) groups excluding carboxylic acids is 1. The van der Waals surface area contributed by atoms with E-state index in [0.29, 0.717) is 18.8 Å². The lowest BCUT2D eigenvalue weighted by Crippen LogP contribution is -2.39. The molecule has 128 valence electrons. The molecule has 1 saturated heterocycles. The summed E-state index contributed by atoms with van der Waals surface area (Å²) in [7, 11) is -2.88. The quantitative estimate of drug-likeness (QED) is 0.815. The number of rotatable bonds is 6. The van der Waals surface area contributed by atoms with Crippen molar-refractivity contribution in [3.8, 4) is 0 Å². The Bertz CT molecular complexity index is 439. The second-order valence-electron chi connectivity index (χ2n) is 7.20. The molecule has 0 aromatic heterocycles. The standard InChI is InChI=1S/C17H31NO3S/c1-2-3-4-14-5-7-15(8-6-14)13-18-17(19)16-9-11-22(20,21)12-10-16/h14-16H,2-13H2,1H3,(H,18,19). The predicted molar refractivity (Wildman–Crippen MR) is 89.4 cm³/mol. The number of nitrogens with one attached hydrogen (secondary N) is 1. The van der Waals surface area contributed by atoms with Crippen LogP contribution in [-0.2, 0) is 14.6 Å². The SMILES string of the molecule is CCCCC1CCC(CNC(=O)C2CCS(=O)(=O)CC2)CC1. The van der Waals surface area contributed by atoms with Gasteiger partial charge in [0, 0.05) is 12.5 Å². The Kier molecular flexibility index (Phi) is 6.72. The third-order valence-corrected chi connectivity index (χ3v) is 7.14. The van der Waals surface area contributed by atoms with E-state index in [-0.39, 0.29) is 23.3 Å². The molecule has 1 saturated carbocycles. The minimum atomic E-state index is -2.88. The zero-order valence-corrected chi connectivity index (χ0v) is 14.7. The molecule has 1 aliphatic heterocycles. The van der Waals surface area contributed by atoms with Crippen LogP contribution in [0.1, 0.15) is 64.7 Å². The molecule has 0 atom stereocenters. The van der Waals surface area contributed by atoms with Crippen molar-refractivity contribution >= 4 is 15.7 Å². The van der Waals surface area contributed by atoms with E-state index in [1.807, 2.05) is 0 Å². The van der Waals surface area contributed by atoms with Crippen molar-refractivity contribution in [1.29, 1.82) is 0 Å². The molecule has 1 N–H and O–H groups in total. The van der Waals surface area contributed by atoms with Gasteiger partial charge in [-0.15, -0.1) is 0 Å². The topological polar surface area (TPSA) is 63.2 Å². The second-order valence-corrected chi connectivity index (χ2v) is 9.50. The first-order chi connectivity index (χ1) is 10.5. The van der Waals surface area contributed by atoms with E-state index in [9.17, 15) is 13.2 Å². The van der Waals surface area contributed by atoms with Gasteiger partial charge in [0.05, 0.1) is 11.5 Å². The van der Waals surface area contributed by atoms with Crippen LogP contribution in [0.4, 0.5) is 0 Å². The van der Waals surface area contributed by atoms with Gasteiger partial charge in [-0.3, -0.25) is 4.79 Å². The molecule has 0 spiro atoms. The molecule has 0 aromatic rings. The highest BCUT2D eigenvalue weighted by atomic mass is 32.2. The molecule has 0 unspecified atom stereocenters. The van der Waals surface area contributed by atoms with Gasteiger partial charge in [-0.1, -0.05) is 39.0 Å². The highest BCUT2D eigenvalue weighted by Crippen LogP contribution is 2.31. The van der Waals surface area contributed by atoms with Crippen LogP contribution < -0.4 is 5.32 Å². The van der Waals surface area contributed by atoms with E-state index < -0.39 is 9.84 Å². The highest BCUT2D eigenvalue weighted by molar-refractivity contribution is 7.91. The van der Waals surface area contributed by atoms with E-state index in [1.54, 1.807) is 0 Å². The Morgan fingerprint density at radius 3 is 2.18 bits per heavy atom. The fraction of sp³-hybridized carbons (Fsp3) is 0.941. The maximum Gasteiger partial charge on any atom is 0.223 e. The van der Waals surface area contributed by atoms with Crippen LogP contribution in [0.3, 0.4) is 0 Å². The first-order valence-corrected chi connectivity index (χ1v) is 10.8. The lowest BCUT2D eigenvalue weighted by Gasteiger charge is -2.29. The number of hydrogen-bond acceptors (Lipinski definition) is 3. The van der Waals surface area contributed by atoms with E-state index in [0.717, 1.165) is 12.5 Å². The third-order valence-electron chi connectivity index (χ3n) is 5.42. The molecule has 5 heteroatoms. The fourth-order valence-corrected chi connectivity index (χ4v) is 5.25. The van der Waals surface area contributed by atoms with Crippen molar-refractivity contribution in [2.45, 2.75) is 64.7 Å². The van der Waals surface area contributed by atoms with Crippen molar-refractivity contribution in [3.05, 3.63) is 0 Å². The number of unbranched alkanes of at least 4 members (excludes halogenated alkanes) is 1. The Balaban J connectivity index is 1.63. The van der Waals surface area contributed by atoms with Crippen LogP contribution in [0, 0.1) is 17.8 Å². The van der Waals surface area contributed by atoms with Crippen molar-refractivity contribution in [1.82, 2.24) is 5.32 Å². The zero-order valence-electron chi connectivity index (χ0n) is 13.9. The van der Waals surface area contributed by atoms with E-state index in [4.69, 9.17) is 0 Å². The molecule has 2 aliphatic rings. The molecule has 1 amide bonds.